The van der Waals surface area contributed by atoms with Crippen LogP contribution >= 0.6 is 11.6 Å². The normalized spacial score (nSPS) is 11.5. The Balaban J connectivity index is 1.62. The number of hydrogen-bond acceptors (Lipinski definition) is 5. The van der Waals surface area contributed by atoms with Crippen molar-refractivity contribution in [3.8, 4) is 11.5 Å². The van der Waals surface area contributed by atoms with Gasteiger partial charge in [-0.3, -0.25) is 0 Å². The lowest BCUT2D eigenvalue weighted by Gasteiger charge is -2.05. The largest absolute Gasteiger partial charge is 0.421 e. The molecule has 0 atom stereocenters. The molecule has 0 aliphatic carbocycles. The number of nitrogens with zero attached hydrogens (tertiary/aromatic N) is 2. The van der Waals surface area contributed by atoms with Crippen molar-refractivity contribution in [3.05, 3.63) is 65.5 Å². The molecular weight excluding hydrogens is 350 g/mol. The third kappa shape index (κ3) is 4.00. The van der Waals surface area contributed by atoms with E-state index in [4.69, 9.17) is 16.0 Å². The fraction of sp³-hybridized carbons (Fsp3) is 0.125. The Kier molecular flexibility index (Phi) is 4.94. The lowest BCUT2D eigenvalue weighted by atomic mass is 10.2. The molecule has 2 aromatic carbocycles. The number of aromatic nitrogens is 2. The molecular formula is C16H14ClN3O3S. The fourth-order valence-electron chi connectivity index (χ4n) is 2.06. The zero-order valence-electron chi connectivity index (χ0n) is 12.5. The summed E-state index contributed by atoms with van der Waals surface area (Å²) in [5.41, 5.74) is 0.816. The number of halogens is 1. The molecule has 1 N–H and O–H groups in total. The van der Waals surface area contributed by atoms with Gasteiger partial charge in [-0.05, 0) is 30.3 Å². The zero-order valence-corrected chi connectivity index (χ0v) is 14.1. The van der Waals surface area contributed by atoms with Gasteiger partial charge in [0.25, 0.3) is 0 Å². The molecule has 0 bridgehead atoms. The molecule has 124 valence electrons. The SMILES string of the molecule is O=S(=O)(NCCc1nnc(-c2ccccc2)o1)c1cccc(Cl)c1. The molecule has 8 heteroatoms. The third-order valence-electron chi connectivity index (χ3n) is 3.22. The first-order valence-electron chi connectivity index (χ1n) is 7.18. The highest BCUT2D eigenvalue weighted by Gasteiger charge is 2.15. The molecule has 1 aromatic heterocycles. The maximum absolute atomic E-state index is 12.2. The van der Waals surface area contributed by atoms with Crippen molar-refractivity contribution in [2.75, 3.05) is 6.54 Å². The molecule has 0 unspecified atom stereocenters. The summed E-state index contributed by atoms with van der Waals surface area (Å²) in [6.45, 7) is 0.144. The first kappa shape index (κ1) is 16.6. The first-order valence-corrected chi connectivity index (χ1v) is 9.04. The van der Waals surface area contributed by atoms with Gasteiger partial charge in [-0.2, -0.15) is 0 Å². The molecule has 1 heterocycles. The highest BCUT2D eigenvalue weighted by Crippen LogP contribution is 2.17. The minimum absolute atomic E-state index is 0.116. The average molecular weight is 364 g/mol. The van der Waals surface area contributed by atoms with Crippen LogP contribution < -0.4 is 4.72 Å². The Morgan fingerprint density at radius 1 is 1.04 bits per heavy atom. The lowest BCUT2D eigenvalue weighted by molar-refractivity contribution is 0.502. The highest BCUT2D eigenvalue weighted by molar-refractivity contribution is 7.89. The quantitative estimate of drug-likeness (QED) is 0.727. The zero-order chi connectivity index (χ0) is 17.0. The number of sulfonamides is 1. The standard InChI is InChI=1S/C16H14ClN3O3S/c17-13-7-4-8-14(11-13)24(21,22)18-10-9-15-19-20-16(23-15)12-5-2-1-3-6-12/h1-8,11,18H,9-10H2. The maximum Gasteiger partial charge on any atom is 0.247 e. The summed E-state index contributed by atoms with van der Waals surface area (Å²) in [4.78, 5) is 0.116. The smallest absolute Gasteiger partial charge is 0.247 e. The Hall–Kier alpha value is -2.22. The fourth-order valence-corrected chi connectivity index (χ4v) is 3.39. The van der Waals surface area contributed by atoms with Crippen LogP contribution in [0.5, 0.6) is 0 Å². The van der Waals surface area contributed by atoms with E-state index in [9.17, 15) is 8.42 Å². The van der Waals surface area contributed by atoms with Crippen molar-refractivity contribution < 1.29 is 12.8 Å². The van der Waals surface area contributed by atoms with Crippen LogP contribution in [-0.2, 0) is 16.4 Å². The summed E-state index contributed by atoms with van der Waals surface area (Å²) in [6.07, 6.45) is 0.291. The molecule has 3 rings (SSSR count). The highest BCUT2D eigenvalue weighted by atomic mass is 35.5. The third-order valence-corrected chi connectivity index (χ3v) is 4.92. The monoisotopic (exact) mass is 363 g/mol. The van der Waals surface area contributed by atoms with Crippen LogP contribution in [0.3, 0.4) is 0 Å². The van der Waals surface area contributed by atoms with E-state index in [2.05, 4.69) is 14.9 Å². The molecule has 0 radical (unpaired) electrons. The van der Waals surface area contributed by atoms with Crippen LogP contribution in [0.15, 0.2) is 63.9 Å². The lowest BCUT2D eigenvalue weighted by Crippen LogP contribution is -2.26. The number of hydrogen-bond donors (Lipinski definition) is 1. The van der Waals surface area contributed by atoms with Crippen molar-refractivity contribution in [1.82, 2.24) is 14.9 Å². The van der Waals surface area contributed by atoms with Gasteiger partial charge >= 0.3 is 0 Å². The Morgan fingerprint density at radius 3 is 2.58 bits per heavy atom. The molecule has 0 saturated carbocycles. The predicted molar refractivity (Wildman–Crippen MR) is 90.1 cm³/mol. The van der Waals surface area contributed by atoms with Crippen molar-refractivity contribution in [2.45, 2.75) is 11.3 Å². The summed E-state index contributed by atoms with van der Waals surface area (Å²) in [5, 5.41) is 8.25. The predicted octanol–water partition coefficient (Wildman–Crippen LogP) is 2.91. The second-order valence-corrected chi connectivity index (χ2v) is 7.18. The van der Waals surface area contributed by atoms with E-state index in [1.54, 1.807) is 12.1 Å². The molecule has 6 nitrogen and oxygen atoms in total. The Bertz CT molecular complexity index is 927. The average Bonchev–Trinajstić information content (AvgIpc) is 3.04. The van der Waals surface area contributed by atoms with Gasteiger partial charge in [0.2, 0.25) is 21.8 Å². The van der Waals surface area contributed by atoms with E-state index in [1.807, 2.05) is 30.3 Å². The van der Waals surface area contributed by atoms with Crippen molar-refractivity contribution in [2.24, 2.45) is 0 Å². The molecule has 0 aliphatic heterocycles. The van der Waals surface area contributed by atoms with Gasteiger partial charge in [0.15, 0.2) is 0 Å². The molecule has 0 spiro atoms. The van der Waals surface area contributed by atoms with E-state index in [1.165, 1.54) is 12.1 Å². The van der Waals surface area contributed by atoms with Gasteiger partial charge in [0.1, 0.15) is 0 Å². The Labute approximate surface area is 144 Å². The minimum Gasteiger partial charge on any atom is -0.421 e. The van der Waals surface area contributed by atoms with E-state index in [-0.39, 0.29) is 11.4 Å². The minimum atomic E-state index is -3.62. The molecule has 0 fully saturated rings. The van der Waals surface area contributed by atoms with Crippen LogP contribution in [0.25, 0.3) is 11.5 Å². The van der Waals surface area contributed by atoms with Gasteiger partial charge in [0, 0.05) is 23.6 Å². The van der Waals surface area contributed by atoms with E-state index >= 15 is 0 Å². The van der Waals surface area contributed by atoms with Crippen LogP contribution in [0.4, 0.5) is 0 Å². The molecule has 0 amide bonds. The summed E-state index contributed by atoms with van der Waals surface area (Å²) in [6, 6.07) is 15.4. The van der Waals surface area contributed by atoms with Crippen LogP contribution in [0, 0.1) is 0 Å². The summed E-state index contributed by atoms with van der Waals surface area (Å²) >= 11 is 5.82. The molecule has 0 aliphatic rings. The number of benzene rings is 2. The molecule has 24 heavy (non-hydrogen) atoms. The van der Waals surface area contributed by atoms with Crippen molar-refractivity contribution in [3.63, 3.8) is 0 Å². The van der Waals surface area contributed by atoms with Gasteiger partial charge in [0.05, 0.1) is 4.90 Å². The second-order valence-electron chi connectivity index (χ2n) is 4.97. The number of nitrogens with one attached hydrogen (secondary N) is 1. The summed E-state index contributed by atoms with van der Waals surface area (Å²) < 4.78 is 32.3. The Morgan fingerprint density at radius 2 is 1.83 bits per heavy atom. The van der Waals surface area contributed by atoms with Crippen LogP contribution in [0.2, 0.25) is 5.02 Å². The van der Waals surface area contributed by atoms with Gasteiger partial charge < -0.3 is 4.42 Å². The van der Waals surface area contributed by atoms with E-state index in [0.29, 0.717) is 23.2 Å². The topological polar surface area (TPSA) is 85.1 Å². The van der Waals surface area contributed by atoms with Gasteiger partial charge in [-0.25, -0.2) is 13.1 Å². The number of rotatable bonds is 6. The molecule has 3 aromatic rings. The van der Waals surface area contributed by atoms with Crippen molar-refractivity contribution in [1.29, 1.82) is 0 Å². The summed E-state index contributed by atoms with van der Waals surface area (Å²) in [7, 11) is -3.62. The second kappa shape index (κ2) is 7.12. The first-order chi connectivity index (χ1) is 11.5. The van der Waals surface area contributed by atoms with E-state index < -0.39 is 10.0 Å². The summed E-state index contributed by atoms with van der Waals surface area (Å²) in [5.74, 6) is 0.769. The van der Waals surface area contributed by atoms with Crippen LogP contribution in [0.1, 0.15) is 5.89 Å². The van der Waals surface area contributed by atoms with Gasteiger partial charge in [-0.1, -0.05) is 35.9 Å². The molecule has 0 saturated heterocycles. The van der Waals surface area contributed by atoms with Gasteiger partial charge in [-0.15, -0.1) is 10.2 Å². The van der Waals surface area contributed by atoms with E-state index in [0.717, 1.165) is 5.56 Å². The maximum atomic E-state index is 12.2. The van der Waals surface area contributed by atoms with Crippen molar-refractivity contribution >= 4 is 21.6 Å². The van der Waals surface area contributed by atoms with Crippen LogP contribution in [-0.4, -0.2) is 25.2 Å².